The maximum atomic E-state index is 12.6. The smallest absolute Gasteiger partial charge is 0.256 e. The Morgan fingerprint density at radius 1 is 1.45 bits per heavy atom. The van der Waals surface area contributed by atoms with Crippen molar-refractivity contribution in [2.24, 2.45) is 0 Å². The van der Waals surface area contributed by atoms with Gasteiger partial charge in [-0.05, 0) is 25.5 Å². The summed E-state index contributed by atoms with van der Waals surface area (Å²) in [5.74, 6) is -0.499. The molecule has 0 aliphatic heterocycles. The fourth-order valence-corrected chi connectivity index (χ4v) is 2.39. The molecule has 1 aromatic heterocycles. The van der Waals surface area contributed by atoms with Crippen LogP contribution >= 0.6 is 0 Å². The van der Waals surface area contributed by atoms with Crippen molar-refractivity contribution in [3.8, 4) is 0 Å². The van der Waals surface area contributed by atoms with Crippen molar-refractivity contribution in [1.82, 2.24) is 9.88 Å². The van der Waals surface area contributed by atoms with Gasteiger partial charge in [0.2, 0.25) is 5.43 Å². The molecule has 1 heterocycles. The van der Waals surface area contributed by atoms with Crippen LogP contribution in [0.2, 0.25) is 0 Å². The zero-order valence-electron chi connectivity index (χ0n) is 12.8. The molecule has 0 aliphatic carbocycles. The summed E-state index contributed by atoms with van der Waals surface area (Å²) in [5, 5.41) is 12.2. The SMILES string of the molecule is CCCn1cc(C(=O)NCC(C)O)c(=O)c2c(N)cccc21. The number of fused-ring (bicyclic) bond motifs is 1. The van der Waals surface area contributed by atoms with E-state index in [1.165, 1.54) is 0 Å². The number of carbonyl (C=O) groups excluding carboxylic acids is 1. The van der Waals surface area contributed by atoms with Crippen molar-refractivity contribution in [2.75, 3.05) is 12.3 Å². The van der Waals surface area contributed by atoms with Gasteiger partial charge in [-0.2, -0.15) is 0 Å². The van der Waals surface area contributed by atoms with E-state index >= 15 is 0 Å². The van der Waals surface area contributed by atoms with E-state index in [-0.39, 0.29) is 17.5 Å². The van der Waals surface area contributed by atoms with Gasteiger partial charge in [0.1, 0.15) is 5.56 Å². The molecule has 0 bridgehead atoms. The summed E-state index contributed by atoms with van der Waals surface area (Å²) in [5.41, 5.74) is 6.66. The summed E-state index contributed by atoms with van der Waals surface area (Å²) in [6.45, 7) is 4.35. The van der Waals surface area contributed by atoms with Gasteiger partial charge < -0.3 is 20.7 Å². The minimum absolute atomic E-state index is 0.0412. The molecule has 6 nitrogen and oxygen atoms in total. The topological polar surface area (TPSA) is 97.4 Å². The first kappa shape index (κ1) is 16.0. The van der Waals surface area contributed by atoms with E-state index in [1.54, 1.807) is 25.3 Å². The number of anilines is 1. The molecule has 1 aromatic carbocycles. The molecule has 118 valence electrons. The maximum absolute atomic E-state index is 12.6. The lowest BCUT2D eigenvalue weighted by Crippen LogP contribution is -2.34. The molecule has 0 spiro atoms. The van der Waals surface area contributed by atoms with Crippen LogP contribution in [-0.2, 0) is 6.54 Å². The summed E-state index contributed by atoms with van der Waals surface area (Å²) in [7, 11) is 0. The van der Waals surface area contributed by atoms with Crippen molar-refractivity contribution in [2.45, 2.75) is 32.9 Å². The number of aromatic nitrogens is 1. The number of nitrogens with two attached hydrogens (primary N) is 1. The van der Waals surface area contributed by atoms with E-state index in [0.717, 1.165) is 11.9 Å². The third-order valence-corrected chi connectivity index (χ3v) is 3.41. The van der Waals surface area contributed by atoms with Crippen LogP contribution in [0.25, 0.3) is 10.9 Å². The van der Waals surface area contributed by atoms with Crippen LogP contribution in [0.15, 0.2) is 29.2 Å². The van der Waals surface area contributed by atoms with Gasteiger partial charge in [0.05, 0.1) is 17.0 Å². The Balaban J connectivity index is 2.60. The Labute approximate surface area is 128 Å². The van der Waals surface area contributed by atoms with Gasteiger partial charge in [-0.15, -0.1) is 0 Å². The molecule has 4 N–H and O–H groups in total. The molecule has 0 radical (unpaired) electrons. The standard InChI is InChI=1S/C16H21N3O3/c1-3-7-19-9-11(16(22)18-8-10(2)20)15(21)14-12(17)5-4-6-13(14)19/h4-6,9-10,20H,3,7-8,17H2,1-2H3,(H,18,22). The zero-order valence-corrected chi connectivity index (χ0v) is 12.8. The van der Waals surface area contributed by atoms with Gasteiger partial charge in [-0.1, -0.05) is 13.0 Å². The highest BCUT2D eigenvalue weighted by Gasteiger charge is 2.17. The Morgan fingerprint density at radius 2 is 2.18 bits per heavy atom. The minimum atomic E-state index is -0.674. The Morgan fingerprint density at radius 3 is 2.82 bits per heavy atom. The molecule has 0 saturated heterocycles. The van der Waals surface area contributed by atoms with Crippen molar-refractivity contribution in [1.29, 1.82) is 0 Å². The van der Waals surface area contributed by atoms with Crippen LogP contribution in [0, 0.1) is 0 Å². The highest BCUT2D eigenvalue weighted by molar-refractivity contribution is 6.00. The Kier molecular flexibility index (Phi) is 4.82. The van der Waals surface area contributed by atoms with Crippen LogP contribution < -0.4 is 16.5 Å². The van der Waals surface area contributed by atoms with Crippen molar-refractivity contribution in [3.63, 3.8) is 0 Å². The molecular weight excluding hydrogens is 282 g/mol. The Bertz CT molecular complexity index is 750. The quantitative estimate of drug-likeness (QED) is 0.721. The molecule has 1 atom stereocenters. The number of nitrogens with zero attached hydrogens (tertiary/aromatic N) is 1. The number of pyridine rings is 1. The van der Waals surface area contributed by atoms with E-state index in [1.807, 2.05) is 17.6 Å². The number of amides is 1. The first-order valence-corrected chi connectivity index (χ1v) is 7.33. The molecule has 6 heteroatoms. The number of nitrogen functional groups attached to an aromatic ring is 1. The predicted octanol–water partition coefficient (Wildman–Crippen LogP) is 1.10. The van der Waals surface area contributed by atoms with Gasteiger partial charge in [-0.25, -0.2) is 0 Å². The van der Waals surface area contributed by atoms with Gasteiger partial charge in [-0.3, -0.25) is 9.59 Å². The molecule has 0 aliphatic rings. The summed E-state index contributed by atoms with van der Waals surface area (Å²) < 4.78 is 1.87. The zero-order chi connectivity index (χ0) is 16.3. The lowest BCUT2D eigenvalue weighted by Gasteiger charge is -2.14. The van der Waals surface area contributed by atoms with Crippen LogP contribution in [-0.4, -0.2) is 28.2 Å². The third-order valence-electron chi connectivity index (χ3n) is 3.41. The Hall–Kier alpha value is -2.34. The largest absolute Gasteiger partial charge is 0.398 e. The predicted molar refractivity (Wildman–Crippen MR) is 86.9 cm³/mol. The number of rotatable bonds is 5. The third kappa shape index (κ3) is 3.12. The number of hydrogen-bond acceptors (Lipinski definition) is 4. The average Bonchev–Trinajstić information content (AvgIpc) is 2.47. The molecule has 1 amide bonds. The number of hydrogen-bond donors (Lipinski definition) is 3. The molecule has 2 aromatic rings. The molecule has 0 fully saturated rings. The second-order valence-corrected chi connectivity index (χ2v) is 5.37. The fraction of sp³-hybridized carbons (Fsp3) is 0.375. The molecule has 1 unspecified atom stereocenters. The van der Waals surface area contributed by atoms with Crippen LogP contribution in [0.4, 0.5) is 5.69 Å². The molecule has 0 saturated carbocycles. The number of aryl methyl sites for hydroxylation is 1. The van der Waals surface area contributed by atoms with E-state index in [2.05, 4.69) is 5.32 Å². The van der Waals surface area contributed by atoms with Crippen LogP contribution in [0.3, 0.4) is 0 Å². The number of nitrogens with one attached hydrogen (secondary N) is 1. The van der Waals surface area contributed by atoms with Crippen LogP contribution in [0.5, 0.6) is 0 Å². The van der Waals surface area contributed by atoms with Crippen molar-refractivity contribution >= 4 is 22.5 Å². The van der Waals surface area contributed by atoms with Crippen molar-refractivity contribution < 1.29 is 9.90 Å². The monoisotopic (exact) mass is 303 g/mol. The second-order valence-electron chi connectivity index (χ2n) is 5.37. The highest BCUT2D eigenvalue weighted by atomic mass is 16.3. The van der Waals surface area contributed by atoms with Gasteiger partial charge in [0.15, 0.2) is 0 Å². The van der Waals surface area contributed by atoms with Gasteiger partial charge in [0, 0.05) is 25.0 Å². The summed E-state index contributed by atoms with van der Waals surface area (Å²) >= 11 is 0. The van der Waals surface area contributed by atoms with E-state index in [4.69, 9.17) is 5.73 Å². The minimum Gasteiger partial charge on any atom is -0.398 e. The normalized spacial score (nSPS) is 12.3. The van der Waals surface area contributed by atoms with E-state index < -0.39 is 12.0 Å². The summed E-state index contributed by atoms with van der Waals surface area (Å²) in [6, 6.07) is 5.26. The number of aliphatic hydroxyl groups excluding tert-OH is 1. The average molecular weight is 303 g/mol. The first-order chi connectivity index (χ1) is 10.5. The van der Waals surface area contributed by atoms with Crippen molar-refractivity contribution in [3.05, 3.63) is 40.2 Å². The lowest BCUT2D eigenvalue weighted by atomic mass is 10.1. The number of aliphatic hydroxyl groups is 1. The highest BCUT2D eigenvalue weighted by Crippen LogP contribution is 2.18. The maximum Gasteiger partial charge on any atom is 0.256 e. The molecular formula is C16H21N3O3. The summed E-state index contributed by atoms with van der Waals surface area (Å²) in [6.07, 6.45) is 1.75. The molecule has 2 rings (SSSR count). The molecule has 22 heavy (non-hydrogen) atoms. The van der Waals surface area contributed by atoms with Crippen LogP contribution in [0.1, 0.15) is 30.6 Å². The van der Waals surface area contributed by atoms with Gasteiger partial charge >= 0.3 is 0 Å². The second kappa shape index (κ2) is 6.62. The summed E-state index contributed by atoms with van der Waals surface area (Å²) in [4.78, 5) is 24.8. The number of benzene rings is 1. The first-order valence-electron chi connectivity index (χ1n) is 7.33. The van der Waals surface area contributed by atoms with E-state index in [9.17, 15) is 14.7 Å². The number of carbonyl (C=O) groups is 1. The lowest BCUT2D eigenvalue weighted by molar-refractivity contribution is 0.0922. The van der Waals surface area contributed by atoms with E-state index in [0.29, 0.717) is 17.6 Å². The van der Waals surface area contributed by atoms with Gasteiger partial charge in [0.25, 0.3) is 5.91 Å². The fourth-order valence-electron chi connectivity index (χ4n) is 2.39.